The molecular weight excluding hydrogens is 487 g/mol. The number of benzene rings is 1. The molecule has 0 radical (unpaired) electrons. The largest absolute Gasteiger partial charge is 0.434 e. The van der Waals surface area contributed by atoms with E-state index in [9.17, 15) is 13.2 Å². The van der Waals surface area contributed by atoms with Gasteiger partial charge in [0.2, 0.25) is 0 Å². The first-order valence-corrected chi connectivity index (χ1v) is 13.3. The van der Waals surface area contributed by atoms with E-state index in [0.29, 0.717) is 18.2 Å². The van der Waals surface area contributed by atoms with Crippen LogP contribution in [0.25, 0.3) is 22.8 Å². The lowest BCUT2D eigenvalue weighted by atomic mass is 9.99. The van der Waals surface area contributed by atoms with Gasteiger partial charge in [-0.25, -0.2) is 4.98 Å². The molecule has 5 nitrogen and oxygen atoms in total. The second kappa shape index (κ2) is 9.57. The number of fused-ring (bicyclic) bond motifs is 1. The fourth-order valence-corrected chi connectivity index (χ4v) is 5.29. The summed E-state index contributed by atoms with van der Waals surface area (Å²) < 4.78 is 41.3. The topological polar surface area (TPSA) is 55.6 Å². The standard InChI is InChI=1S/C30H30F3N5/c1-18(2)38-17-28(30(31,32)33)37-29(38)25-13-10-19(15-34-25)16-35-26-14-27(36-24-9-5-8-23(24)26)22-7-4-3-6-21(22)20-11-12-20/h3-4,6-7,10,13-15,17-18,20H,5,8-9,11-12,16H2,1-2H3,(H,35,36). The summed E-state index contributed by atoms with van der Waals surface area (Å²) in [5, 5.41) is 3.60. The quantitative estimate of drug-likeness (QED) is 0.274. The number of rotatable bonds is 7. The van der Waals surface area contributed by atoms with Crippen molar-refractivity contribution in [1.29, 1.82) is 0 Å². The molecule has 0 saturated heterocycles. The molecule has 1 aromatic carbocycles. The highest BCUT2D eigenvalue weighted by Gasteiger charge is 2.35. The number of nitrogens with zero attached hydrogens (tertiary/aromatic N) is 4. The van der Waals surface area contributed by atoms with Crippen LogP contribution in [0.1, 0.15) is 73.1 Å². The molecule has 38 heavy (non-hydrogen) atoms. The molecule has 0 unspecified atom stereocenters. The number of imidazole rings is 1. The monoisotopic (exact) mass is 517 g/mol. The Bertz CT molecular complexity index is 1470. The van der Waals surface area contributed by atoms with Crippen molar-refractivity contribution in [2.75, 3.05) is 5.32 Å². The lowest BCUT2D eigenvalue weighted by Gasteiger charge is -2.16. The zero-order chi connectivity index (χ0) is 26.4. The van der Waals surface area contributed by atoms with Gasteiger partial charge in [-0.15, -0.1) is 0 Å². The third kappa shape index (κ3) is 4.79. The summed E-state index contributed by atoms with van der Waals surface area (Å²) in [5.41, 5.74) is 7.63. The number of aromatic nitrogens is 4. The van der Waals surface area contributed by atoms with Gasteiger partial charge in [-0.2, -0.15) is 13.2 Å². The van der Waals surface area contributed by atoms with Crippen molar-refractivity contribution in [3.05, 3.63) is 82.9 Å². The van der Waals surface area contributed by atoms with Gasteiger partial charge in [0, 0.05) is 41.9 Å². The number of alkyl halides is 3. The summed E-state index contributed by atoms with van der Waals surface area (Å²) >= 11 is 0. The Morgan fingerprint density at radius 1 is 1.03 bits per heavy atom. The molecule has 0 aliphatic heterocycles. The highest BCUT2D eigenvalue weighted by molar-refractivity contribution is 5.71. The predicted octanol–water partition coefficient (Wildman–Crippen LogP) is 7.59. The van der Waals surface area contributed by atoms with E-state index in [-0.39, 0.29) is 11.9 Å². The maximum absolute atomic E-state index is 13.3. The van der Waals surface area contributed by atoms with Gasteiger partial charge in [-0.05, 0) is 80.7 Å². The molecule has 1 saturated carbocycles. The van der Waals surface area contributed by atoms with Crippen LogP contribution in [0.4, 0.5) is 18.9 Å². The van der Waals surface area contributed by atoms with Crippen LogP contribution in [0.15, 0.2) is 54.9 Å². The minimum absolute atomic E-state index is 0.176. The smallest absolute Gasteiger partial charge is 0.381 e. The molecule has 0 spiro atoms. The van der Waals surface area contributed by atoms with Crippen LogP contribution in [0.3, 0.4) is 0 Å². The third-order valence-electron chi connectivity index (χ3n) is 7.42. The molecule has 8 heteroatoms. The van der Waals surface area contributed by atoms with E-state index in [2.05, 4.69) is 45.6 Å². The Labute approximate surface area is 220 Å². The molecular formula is C30H30F3N5. The summed E-state index contributed by atoms with van der Waals surface area (Å²) in [6, 6.07) is 14.2. The maximum Gasteiger partial charge on any atom is 0.434 e. The average molecular weight is 518 g/mol. The number of hydrogen-bond acceptors (Lipinski definition) is 4. The predicted molar refractivity (Wildman–Crippen MR) is 142 cm³/mol. The highest BCUT2D eigenvalue weighted by Crippen LogP contribution is 2.45. The number of anilines is 1. The van der Waals surface area contributed by atoms with Crippen LogP contribution in [0.5, 0.6) is 0 Å². The Hall–Kier alpha value is -3.68. The lowest BCUT2D eigenvalue weighted by Crippen LogP contribution is -2.06. The third-order valence-corrected chi connectivity index (χ3v) is 7.42. The van der Waals surface area contributed by atoms with E-state index in [1.807, 2.05) is 19.9 Å². The molecule has 3 aromatic heterocycles. The summed E-state index contributed by atoms with van der Waals surface area (Å²) in [7, 11) is 0. The molecule has 3 heterocycles. The van der Waals surface area contributed by atoms with Crippen molar-refractivity contribution in [3.8, 4) is 22.8 Å². The summed E-state index contributed by atoms with van der Waals surface area (Å²) in [6.07, 6.45) is 3.84. The molecule has 6 rings (SSSR count). The van der Waals surface area contributed by atoms with Crippen LogP contribution in [-0.4, -0.2) is 19.5 Å². The van der Waals surface area contributed by atoms with Gasteiger partial charge in [0.15, 0.2) is 11.5 Å². The second-order valence-electron chi connectivity index (χ2n) is 10.5. The molecule has 4 aromatic rings. The van der Waals surface area contributed by atoms with Gasteiger partial charge in [0.05, 0.1) is 5.69 Å². The zero-order valence-corrected chi connectivity index (χ0v) is 21.5. The van der Waals surface area contributed by atoms with Gasteiger partial charge >= 0.3 is 6.18 Å². The number of aryl methyl sites for hydroxylation is 1. The van der Waals surface area contributed by atoms with E-state index < -0.39 is 11.9 Å². The Morgan fingerprint density at radius 3 is 2.55 bits per heavy atom. The molecule has 0 atom stereocenters. The first kappa shape index (κ1) is 24.6. The van der Waals surface area contributed by atoms with Gasteiger partial charge in [-0.1, -0.05) is 30.3 Å². The molecule has 1 fully saturated rings. The Morgan fingerprint density at radius 2 is 1.84 bits per heavy atom. The van der Waals surface area contributed by atoms with Crippen molar-refractivity contribution in [3.63, 3.8) is 0 Å². The molecule has 0 amide bonds. The highest BCUT2D eigenvalue weighted by atomic mass is 19.4. The van der Waals surface area contributed by atoms with Crippen LogP contribution >= 0.6 is 0 Å². The van der Waals surface area contributed by atoms with E-state index in [0.717, 1.165) is 42.4 Å². The van der Waals surface area contributed by atoms with Crippen molar-refractivity contribution in [2.24, 2.45) is 0 Å². The minimum Gasteiger partial charge on any atom is -0.381 e. The van der Waals surface area contributed by atoms with E-state index >= 15 is 0 Å². The molecule has 1 N–H and O–H groups in total. The number of halogens is 3. The number of hydrogen-bond donors (Lipinski definition) is 1. The fourth-order valence-electron chi connectivity index (χ4n) is 5.29. The lowest BCUT2D eigenvalue weighted by molar-refractivity contribution is -0.140. The number of pyridine rings is 2. The van der Waals surface area contributed by atoms with E-state index in [1.54, 1.807) is 12.3 Å². The van der Waals surface area contributed by atoms with E-state index in [1.165, 1.54) is 39.8 Å². The first-order valence-electron chi connectivity index (χ1n) is 13.3. The molecule has 2 aliphatic rings. The van der Waals surface area contributed by atoms with Crippen molar-refractivity contribution in [2.45, 2.75) is 70.6 Å². The summed E-state index contributed by atoms with van der Waals surface area (Å²) in [4.78, 5) is 13.4. The molecule has 2 aliphatic carbocycles. The van der Waals surface area contributed by atoms with Gasteiger partial charge in [0.25, 0.3) is 0 Å². The normalized spacial score (nSPS) is 15.2. The SMILES string of the molecule is CC(C)n1cc(C(F)(F)F)nc1-c1ccc(CNc2cc(-c3ccccc3C3CC3)nc3c2CCC3)cn1. The Kier molecular flexibility index (Phi) is 6.20. The second-order valence-corrected chi connectivity index (χ2v) is 10.5. The summed E-state index contributed by atoms with van der Waals surface area (Å²) in [5.74, 6) is 0.860. The Balaban J connectivity index is 1.25. The zero-order valence-electron chi connectivity index (χ0n) is 21.5. The summed E-state index contributed by atoms with van der Waals surface area (Å²) in [6.45, 7) is 4.21. The van der Waals surface area contributed by atoms with Crippen molar-refractivity contribution in [1.82, 2.24) is 19.5 Å². The van der Waals surface area contributed by atoms with Crippen LogP contribution < -0.4 is 5.32 Å². The minimum atomic E-state index is -4.50. The van der Waals surface area contributed by atoms with E-state index in [4.69, 9.17) is 4.98 Å². The van der Waals surface area contributed by atoms with Crippen LogP contribution in [0.2, 0.25) is 0 Å². The van der Waals surface area contributed by atoms with Crippen LogP contribution in [0, 0.1) is 0 Å². The molecule has 196 valence electrons. The molecule has 0 bridgehead atoms. The average Bonchev–Trinajstić information content (AvgIpc) is 3.44. The van der Waals surface area contributed by atoms with Gasteiger partial charge in [-0.3, -0.25) is 9.97 Å². The van der Waals surface area contributed by atoms with Crippen molar-refractivity contribution < 1.29 is 13.2 Å². The van der Waals surface area contributed by atoms with Crippen molar-refractivity contribution >= 4 is 5.69 Å². The fraction of sp³-hybridized carbons (Fsp3) is 0.367. The van der Waals surface area contributed by atoms with Gasteiger partial charge in [0.1, 0.15) is 5.69 Å². The maximum atomic E-state index is 13.3. The first-order chi connectivity index (χ1) is 18.3. The number of nitrogens with one attached hydrogen (secondary N) is 1. The van der Waals surface area contributed by atoms with Gasteiger partial charge < -0.3 is 9.88 Å². The van der Waals surface area contributed by atoms with Crippen LogP contribution in [-0.2, 0) is 25.6 Å².